The third-order valence-corrected chi connectivity index (χ3v) is 6.92. The van der Waals surface area contributed by atoms with Crippen molar-refractivity contribution >= 4 is 17.5 Å². The first kappa shape index (κ1) is 25.9. The van der Waals surface area contributed by atoms with Gasteiger partial charge in [0.25, 0.3) is 0 Å². The zero-order valence-electron chi connectivity index (χ0n) is 20.2. The van der Waals surface area contributed by atoms with Crippen LogP contribution in [0, 0.1) is 34.5 Å². The average molecular weight is 479 g/mol. The Hall–Kier alpha value is -2.76. The number of anilines is 1. The lowest BCUT2D eigenvalue weighted by atomic mass is 9.78. The summed E-state index contributed by atoms with van der Waals surface area (Å²) in [6.45, 7) is 10.0. The molecule has 34 heavy (non-hydrogen) atoms. The van der Waals surface area contributed by atoms with E-state index in [0.29, 0.717) is 38.4 Å². The number of nitrogens with one attached hydrogen (secondary N) is 1. The molecule has 2 saturated heterocycles. The van der Waals surface area contributed by atoms with E-state index in [-0.39, 0.29) is 35.1 Å². The molecule has 2 aliphatic rings. The van der Waals surface area contributed by atoms with Crippen molar-refractivity contribution in [1.82, 2.24) is 10.2 Å². The number of amides is 2. The van der Waals surface area contributed by atoms with E-state index in [9.17, 15) is 22.8 Å². The van der Waals surface area contributed by atoms with Crippen molar-refractivity contribution in [2.75, 3.05) is 37.6 Å². The first-order valence-corrected chi connectivity index (χ1v) is 11.8. The third kappa shape index (κ3) is 5.48. The van der Waals surface area contributed by atoms with Gasteiger partial charge in [0.1, 0.15) is 0 Å². The Morgan fingerprint density at radius 1 is 1.15 bits per heavy atom. The van der Waals surface area contributed by atoms with Crippen molar-refractivity contribution in [3.63, 3.8) is 0 Å². The largest absolute Gasteiger partial charge is 0.417 e. The van der Waals surface area contributed by atoms with E-state index in [2.05, 4.69) is 5.32 Å². The van der Waals surface area contributed by atoms with Gasteiger partial charge in [-0.3, -0.25) is 9.59 Å². The maximum atomic E-state index is 13.4. The number of alkyl halides is 3. The molecule has 6 nitrogen and oxygen atoms in total. The van der Waals surface area contributed by atoms with Crippen molar-refractivity contribution in [3.8, 4) is 6.07 Å². The highest BCUT2D eigenvalue weighted by molar-refractivity contribution is 5.85. The fourth-order valence-corrected chi connectivity index (χ4v) is 5.18. The summed E-state index contributed by atoms with van der Waals surface area (Å²) in [6, 6.07) is 5.45. The fourth-order valence-electron chi connectivity index (χ4n) is 5.18. The molecule has 0 spiro atoms. The van der Waals surface area contributed by atoms with E-state index in [1.165, 1.54) is 6.07 Å². The molecule has 9 heteroatoms. The van der Waals surface area contributed by atoms with Gasteiger partial charge in [-0.2, -0.15) is 18.4 Å². The monoisotopic (exact) mass is 478 g/mol. The molecule has 0 saturated carbocycles. The maximum absolute atomic E-state index is 13.4. The molecule has 2 atom stereocenters. The van der Waals surface area contributed by atoms with Crippen molar-refractivity contribution in [2.45, 2.75) is 46.7 Å². The summed E-state index contributed by atoms with van der Waals surface area (Å²) in [5.41, 5.74) is -1.39. The molecular weight excluding hydrogens is 445 g/mol. The van der Waals surface area contributed by atoms with Gasteiger partial charge >= 0.3 is 6.18 Å². The van der Waals surface area contributed by atoms with Gasteiger partial charge in [0, 0.05) is 43.8 Å². The Kier molecular flexibility index (Phi) is 7.49. The summed E-state index contributed by atoms with van der Waals surface area (Å²) in [6.07, 6.45) is -3.15. The lowest BCUT2D eigenvalue weighted by Gasteiger charge is -2.37. The molecule has 186 valence electrons. The fraction of sp³-hybridized carbons (Fsp3) is 0.640. The van der Waals surface area contributed by atoms with Crippen LogP contribution < -0.4 is 10.2 Å². The first-order chi connectivity index (χ1) is 15.9. The van der Waals surface area contributed by atoms with Crippen molar-refractivity contribution in [3.05, 3.63) is 29.3 Å². The predicted octanol–water partition coefficient (Wildman–Crippen LogP) is 4.05. The normalized spacial score (nSPS) is 21.9. The molecule has 0 aromatic heterocycles. The number of rotatable bonds is 4. The molecule has 0 aliphatic carbocycles. The Morgan fingerprint density at radius 2 is 1.79 bits per heavy atom. The highest BCUT2D eigenvalue weighted by atomic mass is 19.4. The van der Waals surface area contributed by atoms with E-state index < -0.39 is 17.2 Å². The van der Waals surface area contributed by atoms with Crippen LogP contribution in [-0.2, 0) is 15.8 Å². The summed E-state index contributed by atoms with van der Waals surface area (Å²) in [5, 5.41) is 11.9. The van der Waals surface area contributed by atoms with Crippen LogP contribution in [-0.4, -0.2) is 49.4 Å². The van der Waals surface area contributed by atoms with E-state index >= 15 is 0 Å². The Bertz CT molecular complexity index is 956. The van der Waals surface area contributed by atoms with Crippen LogP contribution in [0.5, 0.6) is 0 Å². The second-order valence-electron chi connectivity index (χ2n) is 10.3. The van der Waals surface area contributed by atoms with Crippen molar-refractivity contribution < 1.29 is 22.8 Å². The minimum absolute atomic E-state index is 0.0201. The number of carbonyl (C=O) groups excluding carboxylic acids is 2. The number of nitrogens with zero attached hydrogens (tertiary/aromatic N) is 3. The standard InChI is InChI=1S/C25H33F3N4O2/c1-5-30-22(33)20-15-32(23(34)24(2,3)4)14-19(20)16-8-10-31(11-9-16)18-7-6-17(13-29)21(12-18)25(26,27)28/h6-7,12,16,19-20H,5,8-11,14-15H2,1-4H3,(H,30,33). The zero-order chi connectivity index (χ0) is 25.3. The van der Waals surface area contributed by atoms with Crippen LogP contribution in [0.15, 0.2) is 18.2 Å². The van der Waals surface area contributed by atoms with Gasteiger partial charge in [-0.1, -0.05) is 20.8 Å². The van der Waals surface area contributed by atoms with Gasteiger partial charge in [-0.25, -0.2) is 0 Å². The zero-order valence-corrected chi connectivity index (χ0v) is 20.2. The molecule has 2 unspecified atom stereocenters. The van der Waals surface area contributed by atoms with Crippen LogP contribution in [0.3, 0.4) is 0 Å². The number of likely N-dealkylation sites (tertiary alicyclic amines) is 1. The van der Waals surface area contributed by atoms with E-state index in [0.717, 1.165) is 18.9 Å². The van der Waals surface area contributed by atoms with E-state index in [1.807, 2.05) is 32.6 Å². The summed E-state index contributed by atoms with van der Waals surface area (Å²) < 4.78 is 40.1. The molecule has 1 N–H and O–H groups in total. The number of hydrogen-bond acceptors (Lipinski definition) is 4. The molecule has 0 bridgehead atoms. The number of benzene rings is 1. The topological polar surface area (TPSA) is 76.4 Å². The van der Waals surface area contributed by atoms with Gasteiger partial charge < -0.3 is 15.1 Å². The molecule has 3 rings (SSSR count). The van der Waals surface area contributed by atoms with E-state index in [4.69, 9.17) is 5.26 Å². The maximum Gasteiger partial charge on any atom is 0.417 e. The van der Waals surface area contributed by atoms with Crippen LogP contribution in [0.2, 0.25) is 0 Å². The number of carbonyl (C=O) groups is 2. The molecule has 2 amide bonds. The quantitative estimate of drug-likeness (QED) is 0.709. The Labute approximate surface area is 199 Å². The summed E-state index contributed by atoms with van der Waals surface area (Å²) >= 11 is 0. The smallest absolute Gasteiger partial charge is 0.372 e. The number of nitriles is 1. The SMILES string of the molecule is CCNC(=O)C1CN(C(=O)C(C)(C)C)CC1C1CCN(c2ccc(C#N)c(C(F)(F)F)c2)CC1. The van der Waals surface area contributed by atoms with Crippen molar-refractivity contribution in [2.24, 2.45) is 23.2 Å². The summed E-state index contributed by atoms with van der Waals surface area (Å²) in [7, 11) is 0. The van der Waals surface area contributed by atoms with Gasteiger partial charge in [-0.15, -0.1) is 0 Å². The van der Waals surface area contributed by atoms with Crippen molar-refractivity contribution in [1.29, 1.82) is 5.26 Å². The van der Waals surface area contributed by atoms with Gasteiger partial charge in [-0.05, 0) is 49.8 Å². The lowest BCUT2D eigenvalue weighted by Crippen LogP contribution is -2.41. The third-order valence-electron chi connectivity index (χ3n) is 6.92. The second kappa shape index (κ2) is 9.85. The molecule has 2 heterocycles. The van der Waals surface area contributed by atoms with Crippen LogP contribution in [0.4, 0.5) is 18.9 Å². The highest BCUT2D eigenvalue weighted by Gasteiger charge is 2.45. The average Bonchev–Trinajstić information content (AvgIpc) is 3.22. The second-order valence-corrected chi connectivity index (χ2v) is 10.3. The van der Waals surface area contributed by atoms with Gasteiger partial charge in [0.15, 0.2) is 0 Å². The first-order valence-electron chi connectivity index (χ1n) is 11.8. The Balaban J connectivity index is 1.74. The van der Waals surface area contributed by atoms with Crippen LogP contribution >= 0.6 is 0 Å². The molecule has 2 aliphatic heterocycles. The molecular formula is C25H33F3N4O2. The number of piperidine rings is 1. The number of halogens is 3. The van der Waals surface area contributed by atoms with Crippen LogP contribution in [0.25, 0.3) is 0 Å². The lowest BCUT2D eigenvalue weighted by molar-refractivity contribution is -0.139. The summed E-state index contributed by atoms with van der Waals surface area (Å²) in [4.78, 5) is 29.4. The summed E-state index contributed by atoms with van der Waals surface area (Å²) in [5.74, 6) is -0.0802. The minimum Gasteiger partial charge on any atom is -0.372 e. The highest BCUT2D eigenvalue weighted by Crippen LogP contribution is 2.39. The molecule has 1 aromatic carbocycles. The minimum atomic E-state index is -4.59. The van der Waals surface area contributed by atoms with Crippen LogP contribution in [0.1, 0.15) is 51.7 Å². The molecule has 1 aromatic rings. The van der Waals surface area contributed by atoms with Gasteiger partial charge in [0.2, 0.25) is 11.8 Å². The molecule has 2 fully saturated rings. The predicted molar refractivity (Wildman–Crippen MR) is 123 cm³/mol. The van der Waals surface area contributed by atoms with Gasteiger partial charge in [0.05, 0.1) is 23.1 Å². The number of hydrogen-bond donors (Lipinski definition) is 1. The molecule has 0 radical (unpaired) electrons. The Morgan fingerprint density at radius 3 is 2.32 bits per heavy atom. The van der Waals surface area contributed by atoms with E-state index in [1.54, 1.807) is 17.0 Å².